The van der Waals surface area contributed by atoms with Crippen LogP contribution in [0.25, 0.3) is 0 Å². The summed E-state index contributed by atoms with van der Waals surface area (Å²) in [5.41, 5.74) is 5.76. The highest BCUT2D eigenvalue weighted by Gasteiger charge is 2.31. The lowest BCUT2D eigenvalue weighted by atomic mass is 9.94. The van der Waals surface area contributed by atoms with Crippen LogP contribution in [-0.4, -0.2) is 29.1 Å². The number of carboxylic acids is 1. The first-order valence-corrected chi connectivity index (χ1v) is 6.19. The summed E-state index contributed by atoms with van der Waals surface area (Å²) >= 11 is 0. The van der Waals surface area contributed by atoms with Gasteiger partial charge in [0, 0.05) is 24.9 Å². The van der Waals surface area contributed by atoms with Gasteiger partial charge in [-0.05, 0) is 18.8 Å². The molecule has 1 amide bonds. The summed E-state index contributed by atoms with van der Waals surface area (Å²) in [6.45, 7) is 2.21. The number of aliphatic carboxylic acids is 1. The molecule has 1 aliphatic rings. The van der Waals surface area contributed by atoms with Crippen molar-refractivity contribution in [2.45, 2.75) is 51.0 Å². The minimum Gasteiger partial charge on any atom is -0.481 e. The maximum atomic E-state index is 11.7. The third kappa shape index (κ3) is 5.17. The molecule has 0 aromatic rings. The van der Waals surface area contributed by atoms with Gasteiger partial charge >= 0.3 is 5.97 Å². The molecule has 98 valence electrons. The molecule has 17 heavy (non-hydrogen) atoms. The van der Waals surface area contributed by atoms with Crippen molar-refractivity contribution in [2.24, 2.45) is 11.7 Å². The molecule has 0 bridgehead atoms. The lowest BCUT2D eigenvalue weighted by molar-refractivity contribution is -0.138. The van der Waals surface area contributed by atoms with Gasteiger partial charge in [0.1, 0.15) is 0 Å². The molecular formula is C12H22N2O3. The van der Waals surface area contributed by atoms with E-state index in [0.29, 0.717) is 13.0 Å². The van der Waals surface area contributed by atoms with Crippen molar-refractivity contribution in [1.29, 1.82) is 0 Å². The van der Waals surface area contributed by atoms with Gasteiger partial charge in [-0.15, -0.1) is 0 Å². The molecule has 1 rings (SSSR count). The summed E-state index contributed by atoms with van der Waals surface area (Å²) in [4.78, 5) is 22.1. The Morgan fingerprint density at radius 2 is 2.00 bits per heavy atom. The van der Waals surface area contributed by atoms with Gasteiger partial charge in [0.2, 0.25) is 5.91 Å². The zero-order valence-electron chi connectivity index (χ0n) is 10.4. The van der Waals surface area contributed by atoms with Gasteiger partial charge in [-0.3, -0.25) is 9.59 Å². The Hall–Kier alpha value is -1.10. The third-order valence-electron chi connectivity index (χ3n) is 3.28. The predicted molar refractivity (Wildman–Crippen MR) is 64.4 cm³/mol. The van der Waals surface area contributed by atoms with Gasteiger partial charge < -0.3 is 16.2 Å². The monoisotopic (exact) mass is 242 g/mol. The Balaban J connectivity index is 2.23. The number of carbonyl (C=O) groups is 2. The smallest absolute Gasteiger partial charge is 0.303 e. The van der Waals surface area contributed by atoms with Crippen molar-refractivity contribution in [2.75, 3.05) is 6.54 Å². The number of carboxylic acid groups (broad SMARTS) is 1. The Morgan fingerprint density at radius 1 is 1.41 bits per heavy atom. The van der Waals surface area contributed by atoms with Crippen LogP contribution in [0.2, 0.25) is 0 Å². The van der Waals surface area contributed by atoms with Crippen LogP contribution in [0.5, 0.6) is 0 Å². The topological polar surface area (TPSA) is 92.4 Å². The SMILES string of the molecule is CC(CNC(=O)CC1(N)CCCC1)CC(=O)O. The summed E-state index contributed by atoms with van der Waals surface area (Å²) in [5, 5.41) is 11.3. The van der Waals surface area contributed by atoms with Crippen LogP contribution in [0.15, 0.2) is 0 Å². The molecule has 5 nitrogen and oxygen atoms in total. The normalized spacial score (nSPS) is 19.9. The van der Waals surface area contributed by atoms with Crippen molar-refractivity contribution >= 4 is 11.9 Å². The van der Waals surface area contributed by atoms with Crippen LogP contribution in [0.4, 0.5) is 0 Å². The van der Waals surface area contributed by atoms with Crippen molar-refractivity contribution in [3.8, 4) is 0 Å². The molecule has 0 aliphatic heterocycles. The van der Waals surface area contributed by atoms with Crippen molar-refractivity contribution < 1.29 is 14.7 Å². The van der Waals surface area contributed by atoms with Gasteiger partial charge in [-0.2, -0.15) is 0 Å². The number of hydrogen-bond donors (Lipinski definition) is 3. The number of nitrogens with one attached hydrogen (secondary N) is 1. The number of rotatable bonds is 6. The molecule has 4 N–H and O–H groups in total. The highest BCUT2D eigenvalue weighted by Crippen LogP contribution is 2.29. The molecule has 5 heteroatoms. The average molecular weight is 242 g/mol. The number of carbonyl (C=O) groups excluding carboxylic acids is 1. The zero-order valence-corrected chi connectivity index (χ0v) is 10.4. The van der Waals surface area contributed by atoms with Gasteiger partial charge in [-0.25, -0.2) is 0 Å². The van der Waals surface area contributed by atoms with Crippen molar-refractivity contribution in [3.63, 3.8) is 0 Å². The fraction of sp³-hybridized carbons (Fsp3) is 0.833. The minimum atomic E-state index is -0.835. The molecule has 1 atom stereocenters. The van der Waals surface area contributed by atoms with E-state index in [1.807, 2.05) is 6.92 Å². The number of nitrogens with two attached hydrogens (primary N) is 1. The lowest BCUT2D eigenvalue weighted by Gasteiger charge is -2.23. The van der Waals surface area contributed by atoms with E-state index >= 15 is 0 Å². The lowest BCUT2D eigenvalue weighted by Crippen LogP contribution is -2.43. The molecular weight excluding hydrogens is 220 g/mol. The maximum absolute atomic E-state index is 11.7. The molecule has 0 spiro atoms. The Labute approximate surface area is 102 Å². The van der Waals surface area contributed by atoms with Gasteiger partial charge in [0.05, 0.1) is 0 Å². The Morgan fingerprint density at radius 3 is 2.53 bits per heavy atom. The summed E-state index contributed by atoms with van der Waals surface area (Å²) in [7, 11) is 0. The molecule has 0 aromatic carbocycles. The fourth-order valence-corrected chi connectivity index (χ4v) is 2.30. The van der Waals surface area contributed by atoms with E-state index in [0.717, 1.165) is 25.7 Å². The molecule has 0 radical (unpaired) electrons. The minimum absolute atomic E-state index is 0.0475. The van der Waals surface area contributed by atoms with E-state index in [4.69, 9.17) is 10.8 Å². The van der Waals surface area contributed by atoms with E-state index < -0.39 is 5.97 Å². The molecule has 1 aliphatic carbocycles. The predicted octanol–water partition coefficient (Wildman–Crippen LogP) is 0.875. The Bertz CT molecular complexity index is 285. The van der Waals surface area contributed by atoms with Gasteiger partial charge in [-0.1, -0.05) is 19.8 Å². The van der Waals surface area contributed by atoms with Crippen molar-refractivity contribution in [1.82, 2.24) is 5.32 Å². The third-order valence-corrected chi connectivity index (χ3v) is 3.28. The highest BCUT2D eigenvalue weighted by molar-refractivity contribution is 5.77. The second-order valence-corrected chi connectivity index (χ2v) is 5.25. The van der Waals surface area contributed by atoms with E-state index in [1.165, 1.54) is 0 Å². The molecule has 0 heterocycles. The first kappa shape index (κ1) is 14.0. The molecule has 0 aromatic heterocycles. The summed E-state index contributed by atoms with van der Waals surface area (Å²) in [6, 6.07) is 0. The van der Waals surface area contributed by atoms with Crippen LogP contribution in [0.3, 0.4) is 0 Å². The largest absolute Gasteiger partial charge is 0.481 e. The summed E-state index contributed by atoms with van der Waals surface area (Å²) < 4.78 is 0. The second kappa shape index (κ2) is 6.00. The molecule has 1 fully saturated rings. The van der Waals surface area contributed by atoms with Crippen LogP contribution >= 0.6 is 0 Å². The van der Waals surface area contributed by atoms with Gasteiger partial charge in [0.25, 0.3) is 0 Å². The number of hydrogen-bond acceptors (Lipinski definition) is 3. The van der Waals surface area contributed by atoms with Crippen molar-refractivity contribution in [3.05, 3.63) is 0 Å². The van der Waals surface area contributed by atoms with E-state index in [2.05, 4.69) is 5.32 Å². The zero-order chi connectivity index (χ0) is 12.9. The highest BCUT2D eigenvalue weighted by atomic mass is 16.4. The van der Waals surface area contributed by atoms with E-state index in [-0.39, 0.29) is 23.8 Å². The van der Waals surface area contributed by atoms with Crippen LogP contribution in [-0.2, 0) is 9.59 Å². The van der Waals surface area contributed by atoms with Crippen LogP contribution < -0.4 is 11.1 Å². The molecule has 1 unspecified atom stereocenters. The first-order chi connectivity index (χ1) is 7.91. The van der Waals surface area contributed by atoms with Gasteiger partial charge in [0.15, 0.2) is 0 Å². The fourth-order valence-electron chi connectivity index (χ4n) is 2.30. The number of amides is 1. The maximum Gasteiger partial charge on any atom is 0.303 e. The average Bonchev–Trinajstić information content (AvgIpc) is 2.61. The molecule has 1 saturated carbocycles. The summed E-state index contributed by atoms with van der Waals surface area (Å²) in [6.07, 6.45) is 4.44. The quantitative estimate of drug-likeness (QED) is 0.644. The molecule has 0 saturated heterocycles. The second-order valence-electron chi connectivity index (χ2n) is 5.25. The van der Waals surface area contributed by atoms with E-state index in [9.17, 15) is 9.59 Å². The van der Waals surface area contributed by atoms with Crippen LogP contribution in [0, 0.1) is 5.92 Å². The summed E-state index contributed by atoms with van der Waals surface area (Å²) in [5.74, 6) is -0.946. The van der Waals surface area contributed by atoms with E-state index in [1.54, 1.807) is 0 Å². The van der Waals surface area contributed by atoms with Crippen LogP contribution in [0.1, 0.15) is 45.4 Å². The first-order valence-electron chi connectivity index (χ1n) is 6.19. The Kier molecular flexibility index (Phi) is 4.93. The standard InChI is InChI=1S/C12H22N2O3/c1-9(6-11(16)17)8-14-10(15)7-12(13)4-2-3-5-12/h9H,2-8,13H2,1H3,(H,14,15)(H,16,17).